The van der Waals surface area contributed by atoms with Gasteiger partial charge in [0, 0.05) is 0 Å². The van der Waals surface area contributed by atoms with Crippen LogP contribution in [-0.4, -0.2) is 0 Å². The second kappa shape index (κ2) is 4.58. The Labute approximate surface area is 103 Å². The molecule has 0 atom stereocenters. The van der Waals surface area contributed by atoms with Crippen LogP contribution in [0.4, 0.5) is 0 Å². The highest BCUT2D eigenvalue weighted by molar-refractivity contribution is 5.96. The molecule has 0 N–H and O–H groups in total. The average molecular weight is 222 g/mol. The Morgan fingerprint density at radius 1 is 1.00 bits per heavy atom. The van der Waals surface area contributed by atoms with Gasteiger partial charge in [-0.2, -0.15) is 0 Å². The molecule has 0 aliphatic rings. The summed E-state index contributed by atoms with van der Waals surface area (Å²) in [4.78, 5) is 0. The Kier molecular flexibility index (Phi) is 3.14. The first kappa shape index (κ1) is 11.7. The van der Waals surface area contributed by atoms with Crippen molar-refractivity contribution in [2.75, 3.05) is 0 Å². The Bertz CT molecular complexity index is 601. The maximum Gasteiger partial charge on any atom is -0.0103 e. The third kappa shape index (κ3) is 1.91. The van der Waals surface area contributed by atoms with Crippen LogP contribution in [0.15, 0.2) is 36.9 Å². The molecule has 2 aromatic rings. The standard InChI is InChI=1S/C17H18/c1-5-7-16-14(6-2)9-11-15-13(4)12(3)8-10-17(15)16/h5-11H,2H2,1,3-4H3/b7-5-. The second-order valence-corrected chi connectivity index (χ2v) is 4.38. The van der Waals surface area contributed by atoms with Gasteiger partial charge in [-0.1, -0.05) is 49.1 Å². The molecule has 0 bridgehead atoms. The average Bonchev–Trinajstić information content (AvgIpc) is 2.34. The number of aryl methyl sites for hydroxylation is 2. The van der Waals surface area contributed by atoms with Gasteiger partial charge in [-0.3, -0.25) is 0 Å². The van der Waals surface area contributed by atoms with Crippen molar-refractivity contribution in [1.29, 1.82) is 0 Å². The van der Waals surface area contributed by atoms with E-state index >= 15 is 0 Å². The highest BCUT2D eigenvalue weighted by Crippen LogP contribution is 2.28. The predicted octanol–water partition coefficient (Wildman–Crippen LogP) is 5.13. The topological polar surface area (TPSA) is 0 Å². The molecule has 0 heterocycles. The van der Waals surface area contributed by atoms with Gasteiger partial charge in [0.15, 0.2) is 0 Å². The van der Waals surface area contributed by atoms with E-state index in [0.29, 0.717) is 0 Å². The van der Waals surface area contributed by atoms with Crippen molar-refractivity contribution in [3.05, 3.63) is 59.2 Å². The monoisotopic (exact) mass is 222 g/mol. The highest BCUT2D eigenvalue weighted by atomic mass is 14.1. The van der Waals surface area contributed by atoms with Crippen LogP contribution in [0.5, 0.6) is 0 Å². The molecule has 86 valence electrons. The smallest absolute Gasteiger partial charge is 0.0103 e. The maximum atomic E-state index is 3.89. The van der Waals surface area contributed by atoms with Crippen molar-refractivity contribution in [2.24, 2.45) is 0 Å². The van der Waals surface area contributed by atoms with Gasteiger partial charge in [0.25, 0.3) is 0 Å². The van der Waals surface area contributed by atoms with Gasteiger partial charge in [-0.25, -0.2) is 0 Å². The number of fused-ring (bicyclic) bond motifs is 1. The van der Waals surface area contributed by atoms with Gasteiger partial charge in [-0.15, -0.1) is 0 Å². The molecule has 2 rings (SSSR count). The van der Waals surface area contributed by atoms with Crippen LogP contribution in [-0.2, 0) is 0 Å². The fraction of sp³-hybridized carbons (Fsp3) is 0.176. The molecule has 0 fully saturated rings. The molecule has 0 aliphatic heterocycles. The van der Waals surface area contributed by atoms with Crippen LogP contribution in [0.3, 0.4) is 0 Å². The Balaban J connectivity index is 2.91. The van der Waals surface area contributed by atoms with Crippen molar-refractivity contribution in [3.8, 4) is 0 Å². The summed E-state index contributed by atoms with van der Waals surface area (Å²) in [7, 11) is 0. The zero-order valence-electron chi connectivity index (χ0n) is 10.7. The fourth-order valence-electron chi connectivity index (χ4n) is 2.24. The third-order valence-electron chi connectivity index (χ3n) is 3.37. The first-order valence-corrected chi connectivity index (χ1v) is 5.97. The lowest BCUT2D eigenvalue weighted by Gasteiger charge is -2.11. The Morgan fingerprint density at radius 2 is 1.71 bits per heavy atom. The number of rotatable bonds is 2. The molecule has 0 spiro atoms. The molecule has 17 heavy (non-hydrogen) atoms. The van der Waals surface area contributed by atoms with E-state index in [0.717, 1.165) is 0 Å². The van der Waals surface area contributed by atoms with E-state index in [1.165, 1.54) is 33.0 Å². The third-order valence-corrected chi connectivity index (χ3v) is 3.37. The molecule has 0 aromatic heterocycles. The number of benzene rings is 2. The minimum Gasteiger partial charge on any atom is -0.0984 e. The van der Waals surface area contributed by atoms with E-state index in [1.807, 2.05) is 13.0 Å². The van der Waals surface area contributed by atoms with Crippen LogP contribution in [0, 0.1) is 13.8 Å². The molecule has 0 saturated carbocycles. The molecule has 0 radical (unpaired) electrons. The van der Waals surface area contributed by atoms with Crippen molar-refractivity contribution in [3.63, 3.8) is 0 Å². The zero-order valence-corrected chi connectivity index (χ0v) is 10.7. The van der Waals surface area contributed by atoms with Crippen LogP contribution in [0.2, 0.25) is 0 Å². The predicted molar refractivity (Wildman–Crippen MR) is 78.2 cm³/mol. The largest absolute Gasteiger partial charge is 0.0984 e. The molecule has 0 heteroatoms. The quantitative estimate of drug-likeness (QED) is 0.660. The molecular weight excluding hydrogens is 204 g/mol. The molecule has 0 unspecified atom stereocenters. The van der Waals surface area contributed by atoms with E-state index in [9.17, 15) is 0 Å². The maximum absolute atomic E-state index is 3.89. The SMILES string of the molecule is C=Cc1ccc2c(C)c(C)ccc2c1/C=C\C. The van der Waals surface area contributed by atoms with E-state index in [1.54, 1.807) is 0 Å². The first-order chi connectivity index (χ1) is 8.19. The van der Waals surface area contributed by atoms with Crippen molar-refractivity contribution >= 4 is 22.9 Å². The van der Waals surface area contributed by atoms with Gasteiger partial charge in [0.05, 0.1) is 0 Å². The summed E-state index contributed by atoms with van der Waals surface area (Å²) in [6, 6.07) is 8.75. The van der Waals surface area contributed by atoms with E-state index in [-0.39, 0.29) is 0 Å². The van der Waals surface area contributed by atoms with Crippen molar-refractivity contribution < 1.29 is 0 Å². The van der Waals surface area contributed by atoms with Crippen molar-refractivity contribution in [2.45, 2.75) is 20.8 Å². The summed E-state index contributed by atoms with van der Waals surface area (Å²) in [5, 5.41) is 2.65. The van der Waals surface area contributed by atoms with E-state index in [2.05, 4.69) is 56.8 Å². The van der Waals surface area contributed by atoms with Crippen LogP contribution < -0.4 is 0 Å². The lowest BCUT2D eigenvalue weighted by Crippen LogP contribution is -1.89. The Morgan fingerprint density at radius 3 is 2.35 bits per heavy atom. The van der Waals surface area contributed by atoms with Gasteiger partial charge >= 0.3 is 0 Å². The van der Waals surface area contributed by atoms with Crippen molar-refractivity contribution in [1.82, 2.24) is 0 Å². The number of allylic oxidation sites excluding steroid dienone is 1. The summed E-state index contributed by atoms with van der Waals surface area (Å²) in [5.41, 5.74) is 5.17. The normalized spacial score (nSPS) is 11.2. The van der Waals surface area contributed by atoms with Crippen LogP contribution >= 0.6 is 0 Å². The molecular formula is C17H18. The number of hydrogen-bond acceptors (Lipinski definition) is 0. The van der Waals surface area contributed by atoms with Gasteiger partial charge < -0.3 is 0 Å². The fourth-order valence-corrected chi connectivity index (χ4v) is 2.24. The first-order valence-electron chi connectivity index (χ1n) is 5.97. The molecule has 0 aliphatic carbocycles. The lowest BCUT2D eigenvalue weighted by molar-refractivity contribution is 1.38. The molecule has 2 aromatic carbocycles. The summed E-state index contributed by atoms with van der Waals surface area (Å²) < 4.78 is 0. The van der Waals surface area contributed by atoms with E-state index in [4.69, 9.17) is 0 Å². The van der Waals surface area contributed by atoms with Gasteiger partial charge in [-0.05, 0) is 53.8 Å². The van der Waals surface area contributed by atoms with Gasteiger partial charge in [0.2, 0.25) is 0 Å². The zero-order chi connectivity index (χ0) is 12.4. The van der Waals surface area contributed by atoms with Crippen LogP contribution in [0.25, 0.3) is 22.9 Å². The minimum absolute atomic E-state index is 1.19. The lowest BCUT2D eigenvalue weighted by atomic mass is 9.94. The summed E-state index contributed by atoms with van der Waals surface area (Å²) in [5.74, 6) is 0. The van der Waals surface area contributed by atoms with Crippen LogP contribution in [0.1, 0.15) is 29.2 Å². The Hall–Kier alpha value is -1.82. The summed E-state index contributed by atoms with van der Waals surface area (Å²) in [6.45, 7) is 10.3. The molecule has 0 amide bonds. The van der Waals surface area contributed by atoms with Gasteiger partial charge in [0.1, 0.15) is 0 Å². The second-order valence-electron chi connectivity index (χ2n) is 4.38. The molecule has 0 saturated heterocycles. The highest BCUT2D eigenvalue weighted by Gasteiger charge is 2.06. The summed E-state index contributed by atoms with van der Waals surface area (Å²) in [6.07, 6.45) is 6.16. The van der Waals surface area contributed by atoms with E-state index < -0.39 is 0 Å². The summed E-state index contributed by atoms with van der Waals surface area (Å²) >= 11 is 0. The number of hydrogen-bond donors (Lipinski definition) is 0. The minimum atomic E-state index is 1.19. The molecule has 0 nitrogen and oxygen atoms in total.